The summed E-state index contributed by atoms with van der Waals surface area (Å²) in [6, 6.07) is 3.57. The highest BCUT2D eigenvalue weighted by Gasteiger charge is 2.30. The molecular formula is C13H21ClFNO2. The fourth-order valence-electron chi connectivity index (χ4n) is 1.61. The summed E-state index contributed by atoms with van der Waals surface area (Å²) in [4.78, 5) is 0. The minimum atomic E-state index is -0.830. The van der Waals surface area contributed by atoms with E-state index in [1.165, 1.54) is 25.3 Å². The molecule has 5 heteroatoms. The van der Waals surface area contributed by atoms with Crippen LogP contribution in [0.3, 0.4) is 0 Å². The van der Waals surface area contributed by atoms with E-state index in [0.29, 0.717) is 5.75 Å². The molecule has 1 aromatic carbocycles. The Labute approximate surface area is 114 Å². The number of hydrogen-bond donors (Lipinski definition) is 2. The average molecular weight is 278 g/mol. The van der Waals surface area contributed by atoms with Crippen molar-refractivity contribution in [2.75, 3.05) is 7.11 Å². The van der Waals surface area contributed by atoms with Crippen LogP contribution < -0.4 is 10.5 Å². The summed E-state index contributed by atoms with van der Waals surface area (Å²) in [5.41, 5.74) is 5.77. The van der Waals surface area contributed by atoms with Gasteiger partial charge in [-0.05, 0) is 23.6 Å². The molecule has 0 heterocycles. The van der Waals surface area contributed by atoms with E-state index in [-0.39, 0.29) is 18.0 Å². The Bertz CT molecular complexity index is 393. The van der Waals surface area contributed by atoms with Crippen molar-refractivity contribution in [2.45, 2.75) is 32.9 Å². The lowest BCUT2D eigenvalue weighted by molar-refractivity contribution is 0.0391. The predicted molar refractivity (Wildman–Crippen MR) is 72.6 cm³/mol. The molecule has 18 heavy (non-hydrogen) atoms. The first-order valence-electron chi connectivity index (χ1n) is 5.54. The molecule has 2 atom stereocenters. The summed E-state index contributed by atoms with van der Waals surface area (Å²) in [5, 5.41) is 10.1. The third-order valence-corrected chi connectivity index (χ3v) is 2.79. The summed E-state index contributed by atoms with van der Waals surface area (Å²) < 4.78 is 18.7. The van der Waals surface area contributed by atoms with Gasteiger partial charge in [0.15, 0.2) is 0 Å². The SMILES string of the molecule is COc1ccc(F)c([C@H](N)[C@H](O)C(C)(C)C)c1.Cl. The van der Waals surface area contributed by atoms with Crippen LogP contribution in [0.25, 0.3) is 0 Å². The molecule has 0 aliphatic rings. The molecule has 0 aliphatic carbocycles. The molecular weight excluding hydrogens is 257 g/mol. The number of aliphatic hydroxyl groups is 1. The van der Waals surface area contributed by atoms with Crippen LogP contribution in [0.2, 0.25) is 0 Å². The van der Waals surface area contributed by atoms with Crippen LogP contribution in [0.4, 0.5) is 4.39 Å². The van der Waals surface area contributed by atoms with E-state index in [1.54, 1.807) is 0 Å². The van der Waals surface area contributed by atoms with E-state index in [4.69, 9.17) is 10.5 Å². The van der Waals surface area contributed by atoms with Crippen molar-refractivity contribution in [3.05, 3.63) is 29.6 Å². The van der Waals surface area contributed by atoms with Crippen LogP contribution in [0.5, 0.6) is 5.75 Å². The fraction of sp³-hybridized carbons (Fsp3) is 0.538. The molecule has 104 valence electrons. The van der Waals surface area contributed by atoms with Crippen molar-refractivity contribution in [1.82, 2.24) is 0 Å². The first-order chi connectivity index (χ1) is 7.77. The van der Waals surface area contributed by atoms with Crippen LogP contribution in [0.1, 0.15) is 32.4 Å². The lowest BCUT2D eigenvalue weighted by atomic mass is 9.82. The van der Waals surface area contributed by atoms with Crippen LogP contribution in [-0.2, 0) is 0 Å². The van der Waals surface area contributed by atoms with Gasteiger partial charge < -0.3 is 15.6 Å². The second-order valence-corrected chi connectivity index (χ2v) is 5.22. The number of ether oxygens (including phenoxy) is 1. The summed E-state index contributed by atoms with van der Waals surface area (Å²) in [6.45, 7) is 5.57. The van der Waals surface area contributed by atoms with Gasteiger partial charge in [0.05, 0.1) is 19.3 Å². The van der Waals surface area contributed by atoms with E-state index in [9.17, 15) is 9.50 Å². The molecule has 0 saturated carbocycles. The summed E-state index contributed by atoms with van der Waals surface area (Å²) >= 11 is 0. The monoisotopic (exact) mass is 277 g/mol. The lowest BCUT2D eigenvalue weighted by Crippen LogP contribution is -2.37. The average Bonchev–Trinajstić information content (AvgIpc) is 2.26. The maximum absolute atomic E-state index is 13.7. The Kier molecular flexibility index (Phi) is 6.07. The largest absolute Gasteiger partial charge is 0.497 e. The Balaban J connectivity index is 0.00000289. The van der Waals surface area contributed by atoms with Crippen molar-refractivity contribution in [2.24, 2.45) is 11.1 Å². The smallest absolute Gasteiger partial charge is 0.128 e. The molecule has 3 nitrogen and oxygen atoms in total. The highest BCUT2D eigenvalue weighted by molar-refractivity contribution is 5.85. The highest BCUT2D eigenvalue weighted by atomic mass is 35.5. The number of rotatable bonds is 3. The molecule has 0 unspecified atom stereocenters. The van der Waals surface area contributed by atoms with Crippen molar-refractivity contribution in [3.63, 3.8) is 0 Å². The normalized spacial score (nSPS) is 14.6. The van der Waals surface area contributed by atoms with E-state index >= 15 is 0 Å². The molecule has 1 aromatic rings. The van der Waals surface area contributed by atoms with Crippen molar-refractivity contribution < 1.29 is 14.2 Å². The molecule has 0 bridgehead atoms. The number of hydrogen-bond acceptors (Lipinski definition) is 3. The third kappa shape index (κ3) is 3.83. The first kappa shape index (κ1) is 17.2. The third-order valence-electron chi connectivity index (χ3n) is 2.79. The Hall–Kier alpha value is -0.840. The van der Waals surface area contributed by atoms with Crippen LogP contribution in [-0.4, -0.2) is 18.3 Å². The maximum Gasteiger partial charge on any atom is 0.128 e. The number of nitrogens with two attached hydrogens (primary N) is 1. The predicted octanol–water partition coefficient (Wildman–Crippen LogP) is 2.66. The molecule has 0 radical (unpaired) electrons. The summed E-state index contributed by atoms with van der Waals surface area (Å²) in [6.07, 6.45) is -0.830. The zero-order chi connectivity index (χ0) is 13.2. The molecule has 0 aromatic heterocycles. The minimum Gasteiger partial charge on any atom is -0.497 e. The number of aliphatic hydroxyl groups excluding tert-OH is 1. The van der Waals surface area contributed by atoms with Gasteiger partial charge in [0, 0.05) is 5.56 Å². The van der Waals surface area contributed by atoms with Crippen molar-refractivity contribution >= 4 is 12.4 Å². The van der Waals surface area contributed by atoms with Crippen molar-refractivity contribution in [3.8, 4) is 5.75 Å². The van der Waals surface area contributed by atoms with Gasteiger partial charge in [-0.3, -0.25) is 0 Å². The number of benzene rings is 1. The second kappa shape index (κ2) is 6.36. The summed E-state index contributed by atoms with van der Waals surface area (Å²) in [5.74, 6) is 0.0968. The molecule has 3 N–H and O–H groups in total. The zero-order valence-corrected chi connectivity index (χ0v) is 11.9. The lowest BCUT2D eigenvalue weighted by Gasteiger charge is -2.31. The van der Waals surface area contributed by atoms with Gasteiger partial charge in [0.25, 0.3) is 0 Å². The Morgan fingerprint density at radius 3 is 2.33 bits per heavy atom. The highest BCUT2D eigenvalue weighted by Crippen LogP contribution is 2.31. The number of methoxy groups -OCH3 is 1. The summed E-state index contributed by atoms with van der Waals surface area (Å²) in [7, 11) is 1.50. The molecule has 0 fully saturated rings. The second-order valence-electron chi connectivity index (χ2n) is 5.22. The van der Waals surface area contributed by atoms with E-state index in [1.807, 2.05) is 20.8 Å². The van der Waals surface area contributed by atoms with Gasteiger partial charge in [-0.25, -0.2) is 4.39 Å². The fourth-order valence-corrected chi connectivity index (χ4v) is 1.61. The molecule has 0 saturated heterocycles. The van der Waals surface area contributed by atoms with Gasteiger partial charge >= 0.3 is 0 Å². The maximum atomic E-state index is 13.7. The zero-order valence-electron chi connectivity index (χ0n) is 11.1. The Morgan fingerprint density at radius 1 is 1.33 bits per heavy atom. The van der Waals surface area contributed by atoms with Gasteiger partial charge in [-0.15, -0.1) is 12.4 Å². The topological polar surface area (TPSA) is 55.5 Å². The van der Waals surface area contributed by atoms with E-state index < -0.39 is 23.4 Å². The Morgan fingerprint density at radius 2 is 1.89 bits per heavy atom. The molecule has 0 aliphatic heterocycles. The molecule has 0 spiro atoms. The van der Waals surface area contributed by atoms with Gasteiger partial charge in [-0.1, -0.05) is 20.8 Å². The van der Waals surface area contributed by atoms with E-state index in [2.05, 4.69) is 0 Å². The van der Waals surface area contributed by atoms with E-state index in [0.717, 1.165) is 0 Å². The van der Waals surface area contributed by atoms with Crippen molar-refractivity contribution in [1.29, 1.82) is 0 Å². The van der Waals surface area contributed by atoms with Crippen LogP contribution >= 0.6 is 12.4 Å². The van der Waals surface area contributed by atoms with Gasteiger partial charge in [0.2, 0.25) is 0 Å². The standard InChI is InChI=1S/C13H20FNO2.ClH/c1-13(2,3)12(16)11(15)9-7-8(17-4)5-6-10(9)14;/h5-7,11-12,16H,15H2,1-4H3;1H/t11-,12-;/m0./s1. The van der Waals surface area contributed by atoms with Gasteiger partial charge in [0.1, 0.15) is 11.6 Å². The van der Waals surface area contributed by atoms with Crippen LogP contribution in [0.15, 0.2) is 18.2 Å². The molecule has 1 rings (SSSR count). The van der Waals surface area contributed by atoms with Crippen LogP contribution in [0, 0.1) is 11.2 Å². The minimum absolute atomic E-state index is 0. The molecule has 0 amide bonds. The van der Waals surface area contributed by atoms with Gasteiger partial charge in [-0.2, -0.15) is 0 Å². The first-order valence-corrected chi connectivity index (χ1v) is 5.54. The number of halogens is 2. The quantitative estimate of drug-likeness (QED) is 0.893.